The molecule has 33 heavy (non-hydrogen) atoms. The lowest BCUT2D eigenvalue weighted by Gasteiger charge is -2.55. The van der Waals surface area contributed by atoms with Gasteiger partial charge >= 0.3 is 5.97 Å². The Balaban J connectivity index is 1.29. The first-order valence-electron chi connectivity index (χ1n) is 14.0. The van der Waals surface area contributed by atoms with E-state index in [9.17, 15) is 9.59 Å². The number of allylic oxidation sites excluding steroid dienone is 4. The van der Waals surface area contributed by atoms with Crippen molar-refractivity contribution in [2.24, 2.45) is 28.6 Å². The Morgan fingerprint density at radius 3 is 2.45 bits per heavy atom. The Morgan fingerprint density at radius 1 is 0.970 bits per heavy atom. The zero-order valence-corrected chi connectivity index (χ0v) is 21.4. The van der Waals surface area contributed by atoms with Gasteiger partial charge in [0.05, 0.1) is 0 Å². The van der Waals surface area contributed by atoms with E-state index in [1.54, 1.807) is 0 Å². The second kappa shape index (κ2) is 10.5. The Hall–Kier alpha value is -1.38. The number of carbonyl (C=O) groups is 2. The third kappa shape index (κ3) is 5.03. The number of fused-ring (bicyclic) bond motifs is 5. The maximum atomic E-state index is 12.7. The summed E-state index contributed by atoms with van der Waals surface area (Å²) in [7, 11) is 0. The number of hydrogen-bond acceptors (Lipinski definition) is 3. The van der Waals surface area contributed by atoms with Gasteiger partial charge in [0.1, 0.15) is 6.10 Å². The van der Waals surface area contributed by atoms with Gasteiger partial charge in [0, 0.05) is 18.3 Å². The van der Waals surface area contributed by atoms with Crippen LogP contribution in [0.15, 0.2) is 23.8 Å². The molecule has 0 amide bonds. The molecule has 0 spiro atoms. The zero-order valence-electron chi connectivity index (χ0n) is 21.4. The van der Waals surface area contributed by atoms with Gasteiger partial charge in [-0.15, -0.1) is 0 Å². The van der Waals surface area contributed by atoms with Crippen molar-refractivity contribution in [2.45, 2.75) is 123 Å². The average Bonchev–Trinajstić information content (AvgIpc) is 3.12. The van der Waals surface area contributed by atoms with E-state index in [1.165, 1.54) is 50.5 Å². The van der Waals surface area contributed by atoms with Crippen LogP contribution >= 0.6 is 0 Å². The van der Waals surface area contributed by atoms with Gasteiger partial charge in [0.25, 0.3) is 0 Å². The predicted molar refractivity (Wildman–Crippen MR) is 134 cm³/mol. The van der Waals surface area contributed by atoms with E-state index in [0.29, 0.717) is 30.6 Å². The van der Waals surface area contributed by atoms with E-state index in [4.69, 9.17) is 4.74 Å². The highest BCUT2D eigenvalue weighted by molar-refractivity contribution is 5.92. The van der Waals surface area contributed by atoms with Gasteiger partial charge in [-0.3, -0.25) is 9.59 Å². The number of rotatable bonds is 10. The van der Waals surface area contributed by atoms with Crippen molar-refractivity contribution in [3.8, 4) is 0 Å². The van der Waals surface area contributed by atoms with Crippen LogP contribution in [0.25, 0.3) is 0 Å². The predicted octanol–water partition coefficient (Wildman–Crippen LogP) is 7.74. The molecule has 4 rings (SSSR count). The van der Waals surface area contributed by atoms with E-state index in [-0.39, 0.29) is 28.7 Å². The monoisotopic (exact) mass is 454 g/mol. The van der Waals surface area contributed by atoms with E-state index < -0.39 is 0 Å². The molecule has 0 heterocycles. The zero-order chi connectivity index (χ0) is 23.5. The molecule has 184 valence electrons. The number of hydrogen-bond donors (Lipinski definition) is 0. The quantitative estimate of drug-likeness (QED) is 0.250. The van der Waals surface area contributed by atoms with E-state index >= 15 is 0 Å². The summed E-state index contributed by atoms with van der Waals surface area (Å²) < 4.78 is 6.15. The van der Waals surface area contributed by atoms with Crippen LogP contribution in [0.3, 0.4) is 0 Å². The van der Waals surface area contributed by atoms with Crippen LogP contribution in [0.2, 0.25) is 0 Å². The van der Waals surface area contributed by atoms with Crippen molar-refractivity contribution in [1.29, 1.82) is 0 Å². The highest BCUT2D eigenvalue weighted by atomic mass is 16.5. The fraction of sp³-hybridized carbons (Fsp3) is 0.800. The summed E-state index contributed by atoms with van der Waals surface area (Å²) in [6, 6.07) is 0. The van der Waals surface area contributed by atoms with Crippen LogP contribution in [0.1, 0.15) is 117 Å². The van der Waals surface area contributed by atoms with E-state index in [1.807, 2.05) is 6.08 Å². The van der Waals surface area contributed by atoms with Gasteiger partial charge in [-0.05, 0) is 73.3 Å². The van der Waals surface area contributed by atoms with Crippen molar-refractivity contribution in [2.75, 3.05) is 0 Å². The summed E-state index contributed by atoms with van der Waals surface area (Å²) in [6.07, 6.45) is 23.4. The maximum Gasteiger partial charge on any atom is 0.306 e. The van der Waals surface area contributed by atoms with Crippen LogP contribution in [0, 0.1) is 28.6 Å². The van der Waals surface area contributed by atoms with Crippen molar-refractivity contribution < 1.29 is 14.3 Å². The first kappa shape index (κ1) is 24.7. The largest absolute Gasteiger partial charge is 0.462 e. The molecule has 4 aliphatic rings. The molecule has 2 saturated carbocycles. The lowest BCUT2D eigenvalue weighted by molar-refractivity contribution is -0.158. The minimum Gasteiger partial charge on any atom is -0.462 e. The third-order valence-corrected chi connectivity index (χ3v) is 9.94. The number of ketones is 1. The van der Waals surface area contributed by atoms with Gasteiger partial charge in [-0.1, -0.05) is 77.9 Å². The van der Waals surface area contributed by atoms with Crippen LogP contribution in [0.4, 0.5) is 0 Å². The van der Waals surface area contributed by atoms with Crippen LogP contribution < -0.4 is 0 Å². The number of carbonyl (C=O) groups excluding carboxylic acids is 2. The molecule has 0 aromatic carbocycles. The Kier molecular flexibility index (Phi) is 7.86. The van der Waals surface area contributed by atoms with Gasteiger partial charge in [0.2, 0.25) is 0 Å². The average molecular weight is 455 g/mol. The molecule has 0 unspecified atom stereocenters. The van der Waals surface area contributed by atoms with E-state index in [0.717, 1.165) is 38.5 Å². The molecule has 0 aromatic rings. The maximum absolute atomic E-state index is 12.7. The number of unbranched alkanes of at least 4 members (excludes halogenated alkanes) is 7. The fourth-order valence-electron chi connectivity index (χ4n) is 7.76. The molecular weight excluding hydrogens is 408 g/mol. The minimum absolute atomic E-state index is 0.0251. The number of esters is 1. The Morgan fingerprint density at radius 2 is 1.70 bits per heavy atom. The summed E-state index contributed by atoms with van der Waals surface area (Å²) >= 11 is 0. The van der Waals surface area contributed by atoms with Gasteiger partial charge < -0.3 is 4.74 Å². The summed E-state index contributed by atoms with van der Waals surface area (Å²) in [5.41, 5.74) is 1.50. The van der Waals surface area contributed by atoms with Gasteiger partial charge in [-0.2, -0.15) is 0 Å². The lowest BCUT2D eigenvalue weighted by Crippen LogP contribution is -2.50. The van der Waals surface area contributed by atoms with Crippen LogP contribution in [-0.4, -0.2) is 17.9 Å². The van der Waals surface area contributed by atoms with Crippen molar-refractivity contribution in [3.63, 3.8) is 0 Å². The number of ether oxygens (including phenoxy) is 1. The highest BCUT2D eigenvalue weighted by Crippen LogP contribution is 2.64. The molecule has 3 heteroatoms. The van der Waals surface area contributed by atoms with Crippen LogP contribution in [-0.2, 0) is 14.3 Å². The van der Waals surface area contributed by atoms with Gasteiger partial charge in [-0.25, -0.2) is 0 Å². The normalized spacial score (nSPS) is 37.2. The molecule has 2 fully saturated rings. The second-order valence-corrected chi connectivity index (χ2v) is 12.0. The minimum atomic E-state index is 0.0251. The highest BCUT2D eigenvalue weighted by Gasteiger charge is 2.59. The van der Waals surface area contributed by atoms with E-state index in [2.05, 4.69) is 32.9 Å². The molecule has 6 atom stereocenters. The summed E-state index contributed by atoms with van der Waals surface area (Å²) in [6.45, 7) is 7.04. The summed E-state index contributed by atoms with van der Waals surface area (Å²) in [5, 5.41) is 0. The Bertz CT molecular complexity index is 779. The standard InChI is InChI=1S/C30H46O3/c1-4-5-6-7-8-9-10-11-12-28(32)33-27-16-15-25-24-14-13-22-21-23(31)17-19-29(22,2)26(24)18-20-30(25,27)3/h13-14,21,24-27H,4-12,15-20H2,1-3H3/t24-,25-,26-,27-,29-,30-/m0/s1. The second-order valence-electron chi connectivity index (χ2n) is 12.0. The SMILES string of the molecule is CCCCCCCCCCC(=O)O[C@H]1CC[C@H]2[C@@H]3C=CC4=CC(=O)CC[C@]4(C)[C@H]3CC[C@]12C. The first-order valence-corrected chi connectivity index (χ1v) is 14.0. The molecule has 0 aromatic heterocycles. The van der Waals surface area contributed by atoms with Crippen molar-refractivity contribution in [3.05, 3.63) is 23.8 Å². The summed E-state index contributed by atoms with van der Waals surface area (Å²) in [4.78, 5) is 24.7. The van der Waals surface area contributed by atoms with Gasteiger partial charge in [0.15, 0.2) is 5.78 Å². The molecule has 0 N–H and O–H groups in total. The van der Waals surface area contributed by atoms with Crippen molar-refractivity contribution >= 4 is 11.8 Å². The summed E-state index contributed by atoms with van der Waals surface area (Å²) in [5.74, 6) is 2.07. The lowest BCUT2D eigenvalue weighted by atomic mass is 9.49. The molecule has 0 saturated heterocycles. The molecule has 0 bridgehead atoms. The molecule has 3 nitrogen and oxygen atoms in total. The first-order chi connectivity index (χ1) is 15.9. The van der Waals surface area contributed by atoms with Crippen LogP contribution in [0.5, 0.6) is 0 Å². The third-order valence-electron chi connectivity index (χ3n) is 9.94. The smallest absolute Gasteiger partial charge is 0.306 e. The molecule has 0 aliphatic heterocycles. The van der Waals surface area contributed by atoms with Crippen molar-refractivity contribution in [1.82, 2.24) is 0 Å². The molecule has 0 radical (unpaired) electrons. The topological polar surface area (TPSA) is 43.4 Å². The Labute approximate surface area is 201 Å². The molecular formula is C30H46O3. The molecule has 4 aliphatic carbocycles. The fourth-order valence-corrected chi connectivity index (χ4v) is 7.76.